The SMILES string of the molecule is CCC1O[C@@H](OC)C(OCc2ccccc2)[C@@H](OCc2ccccc2)[C@H]1OCc1ccccc1. The van der Waals surface area contributed by atoms with Gasteiger partial charge in [-0.05, 0) is 23.1 Å². The maximum absolute atomic E-state index is 6.53. The van der Waals surface area contributed by atoms with Crippen molar-refractivity contribution in [3.05, 3.63) is 108 Å². The maximum atomic E-state index is 6.53. The van der Waals surface area contributed by atoms with E-state index in [0.29, 0.717) is 19.8 Å². The van der Waals surface area contributed by atoms with Crippen LogP contribution in [0.5, 0.6) is 0 Å². The summed E-state index contributed by atoms with van der Waals surface area (Å²) in [6.45, 7) is 3.45. The van der Waals surface area contributed by atoms with Gasteiger partial charge in [0.1, 0.15) is 18.3 Å². The van der Waals surface area contributed by atoms with Crippen LogP contribution in [0.15, 0.2) is 91.0 Å². The lowest BCUT2D eigenvalue weighted by molar-refractivity contribution is -0.318. The van der Waals surface area contributed by atoms with E-state index in [1.807, 2.05) is 66.7 Å². The summed E-state index contributed by atoms with van der Waals surface area (Å²) in [5, 5.41) is 0. The van der Waals surface area contributed by atoms with Gasteiger partial charge in [-0.2, -0.15) is 0 Å². The van der Waals surface area contributed by atoms with Gasteiger partial charge in [0, 0.05) is 7.11 Å². The van der Waals surface area contributed by atoms with Crippen molar-refractivity contribution in [3.63, 3.8) is 0 Å². The highest BCUT2D eigenvalue weighted by Crippen LogP contribution is 2.32. The molecule has 1 aliphatic heterocycles. The molecule has 3 aromatic rings. The van der Waals surface area contributed by atoms with E-state index in [9.17, 15) is 0 Å². The number of hydrogen-bond acceptors (Lipinski definition) is 5. The molecule has 4 rings (SSSR count). The van der Waals surface area contributed by atoms with Crippen molar-refractivity contribution < 1.29 is 23.7 Å². The third-order valence-corrected chi connectivity index (χ3v) is 6.08. The van der Waals surface area contributed by atoms with E-state index in [4.69, 9.17) is 23.7 Å². The number of ether oxygens (including phenoxy) is 5. The predicted octanol–water partition coefficient (Wildman–Crippen LogP) is 5.52. The largest absolute Gasteiger partial charge is 0.368 e. The van der Waals surface area contributed by atoms with E-state index >= 15 is 0 Å². The Balaban J connectivity index is 1.56. The molecule has 3 aromatic carbocycles. The first kappa shape index (κ1) is 24.6. The van der Waals surface area contributed by atoms with Crippen LogP contribution in [0.3, 0.4) is 0 Å². The predicted molar refractivity (Wildman–Crippen MR) is 131 cm³/mol. The molecule has 0 saturated carbocycles. The maximum Gasteiger partial charge on any atom is 0.186 e. The molecule has 2 unspecified atom stereocenters. The topological polar surface area (TPSA) is 46.2 Å². The fraction of sp³-hybridized carbons (Fsp3) is 0.379. The van der Waals surface area contributed by atoms with Crippen LogP contribution in [0.4, 0.5) is 0 Å². The normalized spacial score (nSPS) is 24.7. The lowest BCUT2D eigenvalue weighted by Gasteiger charge is -2.45. The smallest absolute Gasteiger partial charge is 0.186 e. The minimum Gasteiger partial charge on any atom is -0.368 e. The first-order chi connectivity index (χ1) is 16.8. The molecule has 0 spiro atoms. The van der Waals surface area contributed by atoms with E-state index < -0.39 is 12.4 Å². The summed E-state index contributed by atoms with van der Waals surface area (Å²) < 4.78 is 31.4. The summed E-state index contributed by atoms with van der Waals surface area (Å²) in [6, 6.07) is 30.4. The Hall–Kier alpha value is -2.54. The standard InChI is InChI=1S/C29H34O5/c1-3-25-26(31-19-22-13-7-4-8-14-22)27(32-20-23-15-9-5-10-16-23)28(29(30-2)34-25)33-21-24-17-11-6-12-18-24/h4-18,25-29H,3,19-21H2,1-2H3/t25?,26-,27-,28?,29+/m0/s1. The van der Waals surface area contributed by atoms with Crippen LogP contribution in [0.2, 0.25) is 0 Å². The fourth-order valence-corrected chi connectivity index (χ4v) is 4.26. The third kappa shape index (κ3) is 6.53. The highest BCUT2D eigenvalue weighted by atomic mass is 16.7. The molecule has 180 valence electrons. The zero-order valence-corrected chi connectivity index (χ0v) is 19.9. The summed E-state index contributed by atoms with van der Waals surface area (Å²) in [5.74, 6) is 0. The van der Waals surface area contributed by atoms with Crippen molar-refractivity contribution in [2.45, 2.75) is 63.9 Å². The Morgan fingerprint density at radius 2 is 1.00 bits per heavy atom. The van der Waals surface area contributed by atoms with Gasteiger partial charge in [0.25, 0.3) is 0 Å². The van der Waals surface area contributed by atoms with E-state index in [1.165, 1.54) is 0 Å². The van der Waals surface area contributed by atoms with Crippen molar-refractivity contribution in [1.82, 2.24) is 0 Å². The molecule has 5 atom stereocenters. The summed E-state index contributed by atoms with van der Waals surface area (Å²) in [7, 11) is 1.65. The van der Waals surface area contributed by atoms with Crippen molar-refractivity contribution in [3.8, 4) is 0 Å². The molecule has 1 heterocycles. The van der Waals surface area contributed by atoms with Gasteiger partial charge in [-0.1, -0.05) is 97.9 Å². The highest BCUT2D eigenvalue weighted by molar-refractivity contribution is 5.15. The summed E-state index contributed by atoms with van der Waals surface area (Å²) in [6.07, 6.45) is -1.07. The minimum absolute atomic E-state index is 0.175. The molecule has 0 N–H and O–H groups in total. The van der Waals surface area contributed by atoms with Crippen LogP contribution in [-0.4, -0.2) is 37.8 Å². The molecule has 1 fully saturated rings. The molecule has 0 bridgehead atoms. The Kier molecular flexibility index (Phi) is 9.25. The second kappa shape index (κ2) is 12.8. The van der Waals surface area contributed by atoms with Crippen LogP contribution < -0.4 is 0 Å². The number of methoxy groups -OCH3 is 1. The second-order valence-corrected chi connectivity index (χ2v) is 8.47. The number of benzene rings is 3. The Morgan fingerprint density at radius 3 is 1.41 bits per heavy atom. The molecule has 5 heteroatoms. The minimum atomic E-state index is -0.550. The number of rotatable bonds is 11. The van der Waals surface area contributed by atoms with Gasteiger partial charge in [-0.3, -0.25) is 0 Å². The Morgan fingerprint density at radius 1 is 0.588 bits per heavy atom. The zero-order valence-electron chi connectivity index (χ0n) is 19.9. The number of hydrogen-bond donors (Lipinski definition) is 0. The van der Waals surface area contributed by atoms with Crippen molar-refractivity contribution in [2.24, 2.45) is 0 Å². The van der Waals surface area contributed by atoms with E-state index in [-0.39, 0.29) is 18.3 Å². The summed E-state index contributed by atoms with van der Waals surface area (Å²) in [4.78, 5) is 0. The van der Waals surface area contributed by atoms with Gasteiger partial charge in [0.15, 0.2) is 6.29 Å². The Labute approximate surface area is 202 Å². The molecule has 5 nitrogen and oxygen atoms in total. The van der Waals surface area contributed by atoms with Gasteiger partial charge in [0.05, 0.1) is 25.9 Å². The van der Waals surface area contributed by atoms with Gasteiger partial charge < -0.3 is 23.7 Å². The molecular formula is C29H34O5. The Bertz CT molecular complexity index is 893. The summed E-state index contributed by atoms with van der Waals surface area (Å²) in [5.41, 5.74) is 3.29. The van der Waals surface area contributed by atoms with Crippen molar-refractivity contribution in [2.75, 3.05) is 7.11 Å². The van der Waals surface area contributed by atoms with E-state index in [2.05, 4.69) is 31.2 Å². The zero-order chi connectivity index (χ0) is 23.6. The van der Waals surface area contributed by atoms with Gasteiger partial charge in [0.2, 0.25) is 0 Å². The third-order valence-electron chi connectivity index (χ3n) is 6.08. The molecular weight excluding hydrogens is 428 g/mol. The van der Waals surface area contributed by atoms with Gasteiger partial charge in [-0.15, -0.1) is 0 Å². The van der Waals surface area contributed by atoms with Crippen LogP contribution >= 0.6 is 0 Å². The van der Waals surface area contributed by atoms with Gasteiger partial charge >= 0.3 is 0 Å². The molecule has 1 aliphatic rings. The molecule has 1 saturated heterocycles. The summed E-state index contributed by atoms with van der Waals surface area (Å²) >= 11 is 0. The van der Waals surface area contributed by atoms with Gasteiger partial charge in [-0.25, -0.2) is 0 Å². The first-order valence-corrected chi connectivity index (χ1v) is 11.9. The fourth-order valence-electron chi connectivity index (χ4n) is 4.26. The monoisotopic (exact) mass is 462 g/mol. The average Bonchev–Trinajstić information content (AvgIpc) is 2.91. The molecule has 0 amide bonds. The lowest BCUT2D eigenvalue weighted by Crippen LogP contribution is -2.60. The van der Waals surface area contributed by atoms with Crippen molar-refractivity contribution in [1.29, 1.82) is 0 Å². The molecule has 0 aliphatic carbocycles. The first-order valence-electron chi connectivity index (χ1n) is 11.9. The molecule has 0 radical (unpaired) electrons. The van der Waals surface area contributed by atoms with Crippen LogP contribution in [-0.2, 0) is 43.5 Å². The average molecular weight is 463 g/mol. The van der Waals surface area contributed by atoms with Crippen LogP contribution in [0, 0.1) is 0 Å². The molecule has 0 aromatic heterocycles. The quantitative estimate of drug-likeness (QED) is 0.375. The lowest BCUT2D eigenvalue weighted by atomic mass is 9.96. The highest BCUT2D eigenvalue weighted by Gasteiger charge is 2.48. The van der Waals surface area contributed by atoms with Crippen LogP contribution in [0.25, 0.3) is 0 Å². The van der Waals surface area contributed by atoms with Crippen LogP contribution in [0.1, 0.15) is 30.0 Å². The molecule has 34 heavy (non-hydrogen) atoms. The van der Waals surface area contributed by atoms with Crippen molar-refractivity contribution >= 4 is 0 Å². The van der Waals surface area contributed by atoms with E-state index in [0.717, 1.165) is 23.1 Å². The second-order valence-electron chi connectivity index (χ2n) is 8.47. The van der Waals surface area contributed by atoms with E-state index in [1.54, 1.807) is 7.11 Å².